The number of carbonyl (C=O) groups excluding carboxylic acids is 3. The lowest BCUT2D eigenvalue weighted by Gasteiger charge is -2.25. The number of rotatable bonds is 10. The van der Waals surface area contributed by atoms with Crippen molar-refractivity contribution < 1.29 is 19.1 Å². The van der Waals surface area contributed by atoms with E-state index in [1.165, 1.54) is 0 Å². The Morgan fingerprint density at radius 1 is 0.933 bits per heavy atom. The number of alkyl carbamates (subject to hydrolysis) is 1. The average Bonchev–Trinajstić information content (AvgIpc) is 2.76. The molecule has 2 aromatic carbocycles. The van der Waals surface area contributed by atoms with Crippen LogP contribution in [0.5, 0.6) is 0 Å². The molecule has 0 aromatic heterocycles. The third kappa shape index (κ3) is 7.24. The molecule has 2 rings (SSSR count). The zero-order valence-corrected chi connectivity index (χ0v) is 17.3. The standard InChI is InChI=1S/C23H29N3O4/c1-3-16(2)20(26-23(29)30-15-18-12-8-5-9-13-18)22(28)25-19(21(24)27)14-17-10-6-4-7-11-17/h4-13,16,19-20H,3,14-15H2,1-2H3,(H2,24,27)(H,25,28)(H,26,29)/t16-,19+,20+/m1/s1. The largest absolute Gasteiger partial charge is 0.445 e. The van der Waals surface area contributed by atoms with Crippen molar-refractivity contribution in [2.45, 2.75) is 45.4 Å². The molecule has 3 amide bonds. The van der Waals surface area contributed by atoms with Crippen LogP contribution in [-0.4, -0.2) is 30.0 Å². The third-order valence-corrected chi connectivity index (χ3v) is 4.92. The van der Waals surface area contributed by atoms with Crippen molar-refractivity contribution in [1.29, 1.82) is 0 Å². The van der Waals surface area contributed by atoms with Gasteiger partial charge in [0.25, 0.3) is 0 Å². The molecule has 0 aliphatic heterocycles. The van der Waals surface area contributed by atoms with Crippen molar-refractivity contribution in [3.05, 3.63) is 71.8 Å². The van der Waals surface area contributed by atoms with E-state index in [1.807, 2.05) is 74.5 Å². The van der Waals surface area contributed by atoms with Gasteiger partial charge in [-0.05, 0) is 17.0 Å². The molecule has 3 atom stereocenters. The fourth-order valence-electron chi connectivity index (χ4n) is 2.93. The van der Waals surface area contributed by atoms with Gasteiger partial charge < -0.3 is 21.1 Å². The van der Waals surface area contributed by atoms with Crippen LogP contribution in [0.25, 0.3) is 0 Å². The number of amides is 3. The van der Waals surface area contributed by atoms with Gasteiger partial charge >= 0.3 is 6.09 Å². The second-order valence-corrected chi connectivity index (χ2v) is 7.22. The van der Waals surface area contributed by atoms with E-state index in [1.54, 1.807) is 0 Å². The van der Waals surface area contributed by atoms with Crippen molar-refractivity contribution in [2.75, 3.05) is 0 Å². The van der Waals surface area contributed by atoms with Crippen LogP contribution in [-0.2, 0) is 27.4 Å². The Hall–Kier alpha value is -3.35. The van der Waals surface area contributed by atoms with Gasteiger partial charge in [0.15, 0.2) is 0 Å². The van der Waals surface area contributed by atoms with Crippen LogP contribution < -0.4 is 16.4 Å². The first-order chi connectivity index (χ1) is 14.4. The SMILES string of the molecule is CC[C@@H](C)[C@H](NC(=O)OCc1ccccc1)C(=O)N[C@@H](Cc1ccccc1)C(N)=O. The maximum atomic E-state index is 12.9. The van der Waals surface area contributed by atoms with E-state index < -0.39 is 30.0 Å². The van der Waals surface area contributed by atoms with Gasteiger partial charge in [0.1, 0.15) is 18.7 Å². The molecule has 0 spiro atoms. The number of nitrogens with two attached hydrogens (primary N) is 1. The first kappa shape index (κ1) is 22.9. The molecule has 7 heteroatoms. The highest BCUT2D eigenvalue weighted by Gasteiger charge is 2.29. The fraction of sp³-hybridized carbons (Fsp3) is 0.348. The Labute approximate surface area is 177 Å². The molecule has 0 saturated heterocycles. The summed E-state index contributed by atoms with van der Waals surface area (Å²) in [6.45, 7) is 3.86. The van der Waals surface area contributed by atoms with E-state index in [4.69, 9.17) is 10.5 Å². The summed E-state index contributed by atoms with van der Waals surface area (Å²) in [5, 5.41) is 5.30. The van der Waals surface area contributed by atoms with Gasteiger partial charge in [-0.2, -0.15) is 0 Å². The Morgan fingerprint density at radius 3 is 2.03 bits per heavy atom. The van der Waals surface area contributed by atoms with Crippen LogP contribution in [0, 0.1) is 5.92 Å². The molecule has 0 unspecified atom stereocenters. The highest BCUT2D eigenvalue weighted by Crippen LogP contribution is 2.11. The molecule has 0 fully saturated rings. The van der Waals surface area contributed by atoms with Gasteiger partial charge in [-0.15, -0.1) is 0 Å². The molecule has 0 heterocycles. The van der Waals surface area contributed by atoms with E-state index in [2.05, 4.69) is 10.6 Å². The van der Waals surface area contributed by atoms with Crippen LogP contribution in [0.2, 0.25) is 0 Å². The van der Waals surface area contributed by atoms with Crippen molar-refractivity contribution in [2.24, 2.45) is 11.7 Å². The minimum Gasteiger partial charge on any atom is -0.445 e. The number of nitrogens with one attached hydrogen (secondary N) is 2. The van der Waals surface area contributed by atoms with Crippen LogP contribution in [0.4, 0.5) is 4.79 Å². The lowest BCUT2D eigenvalue weighted by molar-refractivity contribution is -0.129. The van der Waals surface area contributed by atoms with Crippen molar-refractivity contribution >= 4 is 17.9 Å². The second-order valence-electron chi connectivity index (χ2n) is 7.22. The van der Waals surface area contributed by atoms with E-state index >= 15 is 0 Å². The number of hydrogen-bond donors (Lipinski definition) is 3. The Morgan fingerprint density at radius 2 is 1.50 bits per heavy atom. The third-order valence-electron chi connectivity index (χ3n) is 4.92. The Bertz CT molecular complexity index is 827. The zero-order chi connectivity index (χ0) is 21.9. The molecule has 0 saturated carbocycles. The average molecular weight is 412 g/mol. The Kier molecular flexibility index (Phi) is 8.87. The summed E-state index contributed by atoms with van der Waals surface area (Å²) < 4.78 is 5.23. The monoisotopic (exact) mass is 411 g/mol. The number of hydrogen-bond acceptors (Lipinski definition) is 4. The molecule has 0 aliphatic rings. The predicted octanol–water partition coefficient (Wildman–Crippen LogP) is 2.54. The van der Waals surface area contributed by atoms with Crippen LogP contribution in [0.1, 0.15) is 31.4 Å². The van der Waals surface area contributed by atoms with Gasteiger partial charge in [0, 0.05) is 6.42 Å². The molecule has 0 aliphatic carbocycles. The molecule has 4 N–H and O–H groups in total. The maximum Gasteiger partial charge on any atom is 0.408 e. The summed E-state index contributed by atoms with van der Waals surface area (Å²) in [5.41, 5.74) is 7.20. The quantitative estimate of drug-likeness (QED) is 0.558. The van der Waals surface area contributed by atoms with Crippen molar-refractivity contribution in [3.8, 4) is 0 Å². The normalized spacial score (nSPS) is 13.5. The summed E-state index contributed by atoms with van der Waals surface area (Å²) >= 11 is 0. The van der Waals surface area contributed by atoms with Gasteiger partial charge in [0.05, 0.1) is 0 Å². The highest BCUT2D eigenvalue weighted by atomic mass is 16.5. The smallest absolute Gasteiger partial charge is 0.408 e. The maximum absolute atomic E-state index is 12.9. The second kappa shape index (κ2) is 11.6. The summed E-state index contributed by atoms with van der Waals surface area (Å²) in [4.78, 5) is 37.0. The predicted molar refractivity (Wildman–Crippen MR) is 114 cm³/mol. The summed E-state index contributed by atoms with van der Waals surface area (Å²) in [6.07, 6.45) is 0.225. The first-order valence-corrected chi connectivity index (χ1v) is 10.0. The minimum absolute atomic E-state index is 0.0967. The molecule has 0 bridgehead atoms. The highest BCUT2D eigenvalue weighted by molar-refractivity contribution is 5.91. The minimum atomic E-state index is -0.881. The number of benzene rings is 2. The van der Waals surface area contributed by atoms with Gasteiger partial charge in [-0.1, -0.05) is 80.9 Å². The zero-order valence-electron chi connectivity index (χ0n) is 17.3. The topological polar surface area (TPSA) is 111 Å². The van der Waals surface area contributed by atoms with Crippen molar-refractivity contribution in [1.82, 2.24) is 10.6 Å². The van der Waals surface area contributed by atoms with E-state index in [0.717, 1.165) is 11.1 Å². The summed E-state index contributed by atoms with van der Waals surface area (Å²) in [7, 11) is 0. The van der Waals surface area contributed by atoms with E-state index in [0.29, 0.717) is 6.42 Å². The lowest BCUT2D eigenvalue weighted by atomic mass is 9.97. The molecule has 30 heavy (non-hydrogen) atoms. The number of ether oxygens (including phenoxy) is 1. The van der Waals surface area contributed by atoms with Gasteiger partial charge in [0.2, 0.25) is 11.8 Å². The van der Waals surface area contributed by atoms with Gasteiger partial charge in [-0.3, -0.25) is 9.59 Å². The van der Waals surface area contributed by atoms with Crippen LogP contribution in [0.15, 0.2) is 60.7 Å². The summed E-state index contributed by atoms with van der Waals surface area (Å²) in [5.74, 6) is -1.28. The molecule has 7 nitrogen and oxygen atoms in total. The lowest BCUT2D eigenvalue weighted by Crippen LogP contribution is -2.55. The van der Waals surface area contributed by atoms with Crippen LogP contribution in [0.3, 0.4) is 0 Å². The first-order valence-electron chi connectivity index (χ1n) is 10.0. The van der Waals surface area contributed by atoms with Gasteiger partial charge in [-0.25, -0.2) is 4.79 Å². The molecule has 0 radical (unpaired) electrons. The van der Waals surface area contributed by atoms with Crippen molar-refractivity contribution in [3.63, 3.8) is 0 Å². The molecular weight excluding hydrogens is 382 g/mol. The van der Waals surface area contributed by atoms with Crippen LogP contribution >= 0.6 is 0 Å². The number of carbonyl (C=O) groups is 3. The van der Waals surface area contributed by atoms with E-state index in [9.17, 15) is 14.4 Å². The molecule has 160 valence electrons. The Balaban J connectivity index is 2.00. The van der Waals surface area contributed by atoms with E-state index in [-0.39, 0.29) is 18.9 Å². The number of primary amides is 1. The molecular formula is C23H29N3O4. The fourth-order valence-corrected chi connectivity index (χ4v) is 2.93. The summed E-state index contributed by atoms with van der Waals surface area (Å²) in [6, 6.07) is 16.8. The molecule has 2 aromatic rings.